The summed E-state index contributed by atoms with van der Waals surface area (Å²) < 4.78 is 36.8. The van der Waals surface area contributed by atoms with Crippen LogP contribution in [-0.2, 0) is 11.0 Å². The third-order valence-electron chi connectivity index (χ3n) is 2.26. The smallest absolute Gasteiger partial charge is 0.316 e. The van der Waals surface area contributed by atoms with Gasteiger partial charge in [-0.2, -0.15) is 13.2 Å². The zero-order valence-corrected chi connectivity index (χ0v) is 9.01. The van der Waals surface area contributed by atoms with Gasteiger partial charge in [0.15, 0.2) is 0 Å². The van der Waals surface area contributed by atoms with Gasteiger partial charge in [-0.25, -0.2) is 0 Å². The van der Waals surface area contributed by atoms with Crippen LogP contribution in [0.3, 0.4) is 0 Å². The van der Waals surface area contributed by atoms with Crippen molar-refractivity contribution in [3.8, 4) is 0 Å². The van der Waals surface area contributed by atoms with E-state index in [4.69, 9.17) is 0 Å². The largest absolute Gasteiger partial charge is 0.416 e. The molecule has 0 heterocycles. The van der Waals surface area contributed by atoms with Crippen molar-refractivity contribution in [2.45, 2.75) is 19.5 Å². The average molecular weight is 231 g/mol. The number of nitrogens with zero attached hydrogens (tertiary/aromatic N) is 1. The first-order valence-corrected chi connectivity index (χ1v) is 4.80. The molecule has 1 aromatic carbocycles. The van der Waals surface area contributed by atoms with E-state index in [9.17, 15) is 18.0 Å². The molecule has 1 amide bonds. The highest BCUT2D eigenvalue weighted by molar-refractivity contribution is 5.92. The maximum atomic E-state index is 12.3. The average Bonchev–Trinajstić information content (AvgIpc) is 2.26. The van der Waals surface area contributed by atoms with Crippen LogP contribution in [0.1, 0.15) is 18.9 Å². The van der Waals surface area contributed by atoms with Crippen LogP contribution in [0.5, 0.6) is 0 Å². The van der Waals surface area contributed by atoms with E-state index in [1.165, 1.54) is 24.1 Å². The van der Waals surface area contributed by atoms with E-state index in [1.807, 2.05) is 0 Å². The van der Waals surface area contributed by atoms with Crippen molar-refractivity contribution in [3.05, 3.63) is 29.8 Å². The Bertz CT molecular complexity index is 370. The third-order valence-corrected chi connectivity index (χ3v) is 2.26. The molecule has 5 heteroatoms. The van der Waals surface area contributed by atoms with E-state index in [-0.39, 0.29) is 5.91 Å². The molecule has 0 aliphatic carbocycles. The highest BCUT2D eigenvalue weighted by Gasteiger charge is 2.30. The van der Waals surface area contributed by atoms with E-state index >= 15 is 0 Å². The van der Waals surface area contributed by atoms with Crippen molar-refractivity contribution in [1.29, 1.82) is 0 Å². The minimum Gasteiger partial charge on any atom is -0.316 e. The fourth-order valence-electron chi connectivity index (χ4n) is 1.26. The van der Waals surface area contributed by atoms with Crippen molar-refractivity contribution in [3.63, 3.8) is 0 Å². The van der Waals surface area contributed by atoms with Crippen LogP contribution >= 0.6 is 0 Å². The maximum absolute atomic E-state index is 12.3. The molecule has 0 aliphatic heterocycles. The van der Waals surface area contributed by atoms with Crippen LogP contribution in [0, 0.1) is 0 Å². The monoisotopic (exact) mass is 231 g/mol. The lowest BCUT2D eigenvalue weighted by molar-refractivity contribution is -0.137. The lowest BCUT2D eigenvalue weighted by Crippen LogP contribution is -2.25. The Morgan fingerprint density at radius 3 is 2.12 bits per heavy atom. The van der Waals surface area contributed by atoms with Crippen molar-refractivity contribution in [2.24, 2.45) is 0 Å². The van der Waals surface area contributed by atoms with Gasteiger partial charge in [-0.15, -0.1) is 0 Å². The van der Waals surface area contributed by atoms with Crippen LogP contribution in [0.25, 0.3) is 0 Å². The Balaban J connectivity index is 2.91. The Labute approximate surface area is 91.7 Å². The summed E-state index contributed by atoms with van der Waals surface area (Å²) in [6.07, 6.45) is -4.02. The molecule has 88 valence electrons. The minimum atomic E-state index is -4.34. The summed E-state index contributed by atoms with van der Waals surface area (Å²) in [7, 11) is 1.54. The normalized spacial score (nSPS) is 11.3. The summed E-state index contributed by atoms with van der Waals surface area (Å²) in [5.74, 6) is -0.139. The van der Waals surface area contributed by atoms with Gasteiger partial charge in [0.2, 0.25) is 5.91 Å². The number of carbonyl (C=O) groups excluding carboxylic acids is 1. The Kier molecular flexibility index (Phi) is 3.57. The molecule has 0 saturated carbocycles. The number of carbonyl (C=O) groups is 1. The highest BCUT2D eigenvalue weighted by Crippen LogP contribution is 2.30. The van der Waals surface area contributed by atoms with Gasteiger partial charge in [0.05, 0.1) is 5.56 Å². The summed E-state index contributed by atoms with van der Waals surface area (Å²) >= 11 is 0. The fraction of sp³-hybridized carbons (Fsp3) is 0.364. The predicted molar refractivity (Wildman–Crippen MR) is 55.1 cm³/mol. The van der Waals surface area contributed by atoms with E-state index in [2.05, 4.69) is 0 Å². The van der Waals surface area contributed by atoms with Gasteiger partial charge in [0.25, 0.3) is 0 Å². The molecule has 2 nitrogen and oxygen atoms in total. The molecule has 0 saturated heterocycles. The molecule has 0 aliphatic rings. The molecule has 0 N–H and O–H groups in total. The molecule has 0 atom stereocenters. The maximum Gasteiger partial charge on any atom is 0.416 e. The predicted octanol–water partition coefficient (Wildman–Crippen LogP) is 3.08. The quantitative estimate of drug-likeness (QED) is 0.766. The first kappa shape index (κ1) is 12.5. The number of benzene rings is 1. The lowest BCUT2D eigenvalue weighted by atomic mass is 10.2. The fourth-order valence-corrected chi connectivity index (χ4v) is 1.26. The van der Waals surface area contributed by atoms with E-state index in [0.29, 0.717) is 12.1 Å². The summed E-state index contributed by atoms with van der Waals surface area (Å²) in [5, 5.41) is 0. The molecule has 0 fully saturated rings. The van der Waals surface area contributed by atoms with E-state index in [0.717, 1.165) is 12.1 Å². The Morgan fingerprint density at radius 2 is 1.75 bits per heavy atom. The summed E-state index contributed by atoms with van der Waals surface area (Å²) in [4.78, 5) is 12.6. The summed E-state index contributed by atoms with van der Waals surface area (Å²) in [6.45, 7) is 1.70. The van der Waals surface area contributed by atoms with Gasteiger partial charge in [-0.3, -0.25) is 4.79 Å². The molecule has 16 heavy (non-hydrogen) atoms. The molecular weight excluding hydrogens is 219 g/mol. The number of halogens is 3. The Morgan fingerprint density at radius 1 is 1.25 bits per heavy atom. The standard InChI is InChI=1S/C11H12F3NO/c1-3-10(16)15(2)9-6-4-8(5-7-9)11(12,13)14/h4-7H,3H2,1-2H3. The van der Waals surface area contributed by atoms with Gasteiger partial charge < -0.3 is 4.90 Å². The highest BCUT2D eigenvalue weighted by atomic mass is 19.4. The Hall–Kier alpha value is -1.52. The summed E-state index contributed by atoms with van der Waals surface area (Å²) in [6, 6.07) is 4.51. The van der Waals surface area contributed by atoms with Crippen molar-refractivity contribution < 1.29 is 18.0 Å². The van der Waals surface area contributed by atoms with Gasteiger partial charge in [-0.1, -0.05) is 6.92 Å². The second-order valence-electron chi connectivity index (χ2n) is 3.35. The van der Waals surface area contributed by atoms with Crippen molar-refractivity contribution >= 4 is 11.6 Å². The van der Waals surface area contributed by atoms with Gasteiger partial charge in [0, 0.05) is 19.2 Å². The van der Waals surface area contributed by atoms with Crippen LogP contribution in [0.2, 0.25) is 0 Å². The zero-order chi connectivity index (χ0) is 12.3. The number of rotatable bonds is 2. The first-order valence-electron chi connectivity index (χ1n) is 4.80. The molecule has 0 aromatic heterocycles. The first-order chi connectivity index (χ1) is 7.36. The van der Waals surface area contributed by atoms with Crippen molar-refractivity contribution in [2.75, 3.05) is 11.9 Å². The van der Waals surface area contributed by atoms with Gasteiger partial charge >= 0.3 is 6.18 Å². The van der Waals surface area contributed by atoms with Gasteiger partial charge in [-0.05, 0) is 24.3 Å². The van der Waals surface area contributed by atoms with Crippen molar-refractivity contribution in [1.82, 2.24) is 0 Å². The van der Waals surface area contributed by atoms with E-state index < -0.39 is 11.7 Å². The second kappa shape index (κ2) is 4.55. The minimum absolute atomic E-state index is 0.139. The van der Waals surface area contributed by atoms with E-state index in [1.54, 1.807) is 6.92 Å². The zero-order valence-electron chi connectivity index (χ0n) is 9.01. The number of hydrogen-bond donors (Lipinski definition) is 0. The second-order valence-corrected chi connectivity index (χ2v) is 3.35. The molecule has 0 radical (unpaired) electrons. The molecule has 1 aromatic rings. The van der Waals surface area contributed by atoms with Gasteiger partial charge in [0.1, 0.15) is 0 Å². The van der Waals surface area contributed by atoms with Crippen LogP contribution in [0.4, 0.5) is 18.9 Å². The third kappa shape index (κ3) is 2.74. The van der Waals surface area contributed by atoms with Crippen LogP contribution in [0.15, 0.2) is 24.3 Å². The molecule has 0 spiro atoms. The molecule has 1 rings (SSSR count). The lowest BCUT2D eigenvalue weighted by Gasteiger charge is -2.17. The summed E-state index contributed by atoms with van der Waals surface area (Å²) in [5.41, 5.74) is -0.256. The number of hydrogen-bond acceptors (Lipinski definition) is 1. The molecular formula is C11H12F3NO. The van der Waals surface area contributed by atoms with Crippen LogP contribution in [-0.4, -0.2) is 13.0 Å². The van der Waals surface area contributed by atoms with Crippen LogP contribution < -0.4 is 4.90 Å². The SMILES string of the molecule is CCC(=O)N(C)c1ccc(C(F)(F)F)cc1. The number of anilines is 1. The molecule has 0 unspecified atom stereocenters. The number of amides is 1. The molecule has 0 bridgehead atoms. The topological polar surface area (TPSA) is 20.3 Å². The number of alkyl halides is 3.